The van der Waals surface area contributed by atoms with E-state index in [0.29, 0.717) is 0 Å². The minimum Gasteiger partial charge on any atom is -0.455 e. The van der Waals surface area contributed by atoms with Gasteiger partial charge in [-0.2, -0.15) is 0 Å². The first kappa shape index (κ1) is 35.2. The van der Waals surface area contributed by atoms with Crippen LogP contribution >= 0.6 is 0 Å². The third kappa shape index (κ3) is 6.41. The third-order valence-corrected chi connectivity index (χ3v) is 11.7. The maximum Gasteiger partial charge on any atom is 0.143 e. The Kier molecular flexibility index (Phi) is 8.87. The summed E-state index contributed by atoms with van der Waals surface area (Å²) in [5, 5.41) is 4.50. The van der Waals surface area contributed by atoms with Crippen LogP contribution in [0.25, 0.3) is 88.3 Å². The summed E-state index contributed by atoms with van der Waals surface area (Å²) in [5.74, 6) is 0. The quantitative estimate of drug-likeness (QED) is 0.153. The van der Waals surface area contributed by atoms with Crippen molar-refractivity contribution in [3.63, 3.8) is 0 Å². The minimum atomic E-state index is 0.875. The Hall–Kier alpha value is -7.94. The lowest BCUT2D eigenvalue weighted by Gasteiger charge is -2.26. The van der Waals surface area contributed by atoms with Crippen LogP contribution in [0.4, 0.5) is 17.1 Å². The standard InChI is InChI=1S/C58H39NO/c1-4-14-40(15-5-1)43-26-28-46(29-27-43)54-39-55-57-51(24-13-25-56(57)60-58(55)53-23-11-10-22-52(53)54)47-20-12-21-50(38-47)59(48-34-30-44(31-35-48)41-16-6-2-7-17-41)49-36-32-45(33-37-49)42-18-8-3-9-19-42/h1-39H. The van der Waals surface area contributed by atoms with Crippen molar-refractivity contribution in [2.24, 2.45) is 0 Å². The second-order valence-electron chi connectivity index (χ2n) is 15.3. The highest BCUT2D eigenvalue weighted by atomic mass is 16.3. The first-order valence-electron chi connectivity index (χ1n) is 20.5. The van der Waals surface area contributed by atoms with Gasteiger partial charge in [0.05, 0.1) is 0 Å². The van der Waals surface area contributed by atoms with Gasteiger partial charge < -0.3 is 9.32 Å². The van der Waals surface area contributed by atoms with Gasteiger partial charge in [-0.3, -0.25) is 0 Å². The van der Waals surface area contributed by atoms with E-state index in [-0.39, 0.29) is 0 Å². The fraction of sp³-hybridized carbons (Fsp3) is 0. The molecule has 60 heavy (non-hydrogen) atoms. The molecule has 2 heteroatoms. The zero-order valence-electron chi connectivity index (χ0n) is 32.9. The largest absolute Gasteiger partial charge is 0.455 e. The predicted octanol–water partition coefficient (Wildman–Crippen LogP) is 16.5. The van der Waals surface area contributed by atoms with Crippen LogP contribution in [0, 0.1) is 0 Å². The van der Waals surface area contributed by atoms with Gasteiger partial charge in [-0.25, -0.2) is 0 Å². The van der Waals surface area contributed by atoms with Crippen LogP contribution in [0.5, 0.6) is 0 Å². The summed E-state index contributed by atoms with van der Waals surface area (Å²) in [6.07, 6.45) is 0. The lowest BCUT2D eigenvalue weighted by Crippen LogP contribution is -2.10. The summed E-state index contributed by atoms with van der Waals surface area (Å²) >= 11 is 0. The SMILES string of the molecule is c1ccc(-c2ccc(-c3cc4c(oc5cccc(-c6cccc(N(c7ccc(-c8ccccc8)cc7)c7ccc(-c8ccccc8)cc7)c6)c54)c4ccccc34)cc2)cc1. The Balaban J connectivity index is 1.05. The molecule has 11 aromatic rings. The molecule has 0 unspecified atom stereocenters. The number of hydrogen-bond acceptors (Lipinski definition) is 2. The first-order chi connectivity index (χ1) is 29.7. The molecule has 10 aromatic carbocycles. The summed E-state index contributed by atoms with van der Waals surface area (Å²) in [6.45, 7) is 0. The smallest absolute Gasteiger partial charge is 0.143 e. The normalized spacial score (nSPS) is 11.3. The second-order valence-corrected chi connectivity index (χ2v) is 15.3. The number of rotatable bonds is 8. The molecule has 0 saturated heterocycles. The van der Waals surface area contributed by atoms with Crippen molar-refractivity contribution in [3.8, 4) is 55.6 Å². The Labute approximate surface area is 349 Å². The molecule has 11 rings (SSSR count). The number of benzene rings is 10. The van der Waals surface area contributed by atoms with Crippen molar-refractivity contribution in [1.82, 2.24) is 0 Å². The molecule has 1 aromatic heterocycles. The molecule has 1 heterocycles. The van der Waals surface area contributed by atoms with Crippen LogP contribution in [0.2, 0.25) is 0 Å². The third-order valence-electron chi connectivity index (χ3n) is 11.7. The van der Waals surface area contributed by atoms with Crippen LogP contribution in [-0.4, -0.2) is 0 Å². The van der Waals surface area contributed by atoms with E-state index in [1.165, 1.54) is 49.9 Å². The number of anilines is 3. The summed E-state index contributed by atoms with van der Waals surface area (Å²) in [4.78, 5) is 2.35. The molecule has 0 N–H and O–H groups in total. The highest BCUT2D eigenvalue weighted by Crippen LogP contribution is 2.45. The predicted molar refractivity (Wildman–Crippen MR) is 253 cm³/mol. The van der Waals surface area contributed by atoms with E-state index in [9.17, 15) is 0 Å². The van der Waals surface area contributed by atoms with Crippen molar-refractivity contribution < 1.29 is 4.42 Å². The monoisotopic (exact) mass is 765 g/mol. The highest BCUT2D eigenvalue weighted by molar-refractivity contribution is 6.22. The Morgan fingerprint density at radius 1 is 0.267 bits per heavy atom. The van der Waals surface area contributed by atoms with E-state index in [2.05, 4.69) is 241 Å². The van der Waals surface area contributed by atoms with Crippen molar-refractivity contribution in [2.75, 3.05) is 4.90 Å². The molecule has 0 aliphatic carbocycles. The van der Waals surface area contributed by atoms with E-state index in [1.807, 2.05) is 0 Å². The average Bonchev–Trinajstić information content (AvgIpc) is 3.72. The van der Waals surface area contributed by atoms with Crippen molar-refractivity contribution >= 4 is 49.8 Å². The van der Waals surface area contributed by atoms with E-state index < -0.39 is 0 Å². The van der Waals surface area contributed by atoms with Crippen LogP contribution < -0.4 is 4.90 Å². The summed E-state index contributed by atoms with van der Waals surface area (Å²) in [6, 6.07) is 84.7. The summed E-state index contributed by atoms with van der Waals surface area (Å²) < 4.78 is 6.80. The van der Waals surface area contributed by atoms with Gasteiger partial charge in [-0.1, -0.05) is 188 Å². The molecular weight excluding hydrogens is 727 g/mol. The molecule has 2 nitrogen and oxygen atoms in total. The van der Waals surface area contributed by atoms with Gasteiger partial charge in [-0.05, 0) is 110 Å². The van der Waals surface area contributed by atoms with Crippen LogP contribution in [0.1, 0.15) is 0 Å². The lowest BCUT2D eigenvalue weighted by atomic mass is 9.92. The van der Waals surface area contributed by atoms with Gasteiger partial charge in [-0.15, -0.1) is 0 Å². The van der Waals surface area contributed by atoms with Crippen LogP contribution in [0.15, 0.2) is 241 Å². The molecule has 0 atom stereocenters. The van der Waals surface area contributed by atoms with Gasteiger partial charge in [0.2, 0.25) is 0 Å². The first-order valence-corrected chi connectivity index (χ1v) is 20.5. The maximum absolute atomic E-state index is 6.80. The molecule has 0 aliphatic rings. The maximum atomic E-state index is 6.80. The molecule has 0 radical (unpaired) electrons. The van der Waals surface area contributed by atoms with Crippen LogP contribution in [0.3, 0.4) is 0 Å². The zero-order chi connectivity index (χ0) is 39.8. The molecule has 0 amide bonds. The fourth-order valence-corrected chi connectivity index (χ4v) is 8.73. The molecule has 0 saturated carbocycles. The molecule has 282 valence electrons. The van der Waals surface area contributed by atoms with Gasteiger partial charge in [0.25, 0.3) is 0 Å². The van der Waals surface area contributed by atoms with Gasteiger partial charge in [0, 0.05) is 33.2 Å². The molecular formula is C58H39NO. The molecule has 0 aliphatic heterocycles. The van der Waals surface area contributed by atoms with E-state index >= 15 is 0 Å². The van der Waals surface area contributed by atoms with E-state index in [0.717, 1.165) is 55.5 Å². The molecule has 0 fully saturated rings. The number of hydrogen-bond donors (Lipinski definition) is 0. The number of fused-ring (bicyclic) bond motifs is 5. The Morgan fingerprint density at radius 3 is 1.28 bits per heavy atom. The fourth-order valence-electron chi connectivity index (χ4n) is 8.73. The molecule has 0 bridgehead atoms. The Bertz CT molecular complexity index is 3180. The minimum absolute atomic E-state index is 0.875. The average molecular weight is 766 g/mol. The van der Waals surface area contributed by atoms with Gasteiger partial charge >= 0.3 is 0 Å². The van der Waals surface area contributed by atoms with E-state index in [4.69, 9.17) is 4.42 Å². The van der Waals surface area contributed by atoms with Gasteiger partial charge in [0.15, 0.2) is 0 Å². The lowest BCUT2D eigenvalue weighted by molar-refractivity contribution is 0.673. The topological polar surface area (TPSA) is 16.4 Å². The van der Waals surface area contributed by atoms with Crippen molar-refractivity contribution in [1.29, 1.82) is 0 Å². The number of nitrogens with zero attached hydrogens (tertiary/aromatic N) is 1. The summed E-state index contributed by atoms with van der Waals surface area (Å²) in [5.41, 5.74) is 16.8. The van der Waals surface area contributed by atoms with E-state index in [1.54, 1.807) is 0 Å². The molecule has 0 spiro atoms. The zero-order valence-corrected chi connectivity index (χ0v) is 32.9. The Morgan fingerprint density at radius 2 is 0.717 bits per heavy atom. The van der Waals surface area contributed by atoms with Crippen molar-refractivity contribution in [2.45, 2.75) is 0 Å². The number of furan rings is 1. The summed E-state index contributed by atoms with van der Waals surface area (Å²) in [7, 11) is 0. The van der Waals surface area contributed by atoms with Gasteiger partial charge in [0.1, 0.15) is 11.2 Å². The van der Waals surface area contributed by atoms with Crippen LogP contribution in [-0.2, 0) is 0 Å². The second kappa shape index (κ2) is 15.1. The van der Waals surface area contributed by atoms with Crippen molar-refractivity contribution in [3.05, 3.63) is 237 Å². The highest BCUT2D eigenvalue weighted by Gasteiger charge is 2.20.